The molecule has 0 aromatic rings. The van der Waals surface area contributed by atoms with Crippen LogP contribution in [-0.4, -0.2) is 36.7 Å². The van der Waals surface area contributed by atoms with Gasteiger partial charge in [0.15, 0.2) is 5.11 Å². The van der Waals surface area contributed by atoms with E-state index in [9.17, 15) is 4.79 Å². The first-order valence-electron chi connectivity index (χ1n) is 3.83. The van der Waals surface area contributed by atoms with Crippen molar-refractivity contribution < 1.29 is 9.53 Å². The maximum absolute atomic E-state index is 11.0. The lowest BCUT2D eigenvalue weighted by Crippen LogP contribution is -2.38. The number of carbonyl (C=O) groups excluding carboxylic acids is 1. The molecule has 0 amide bonds. The van der Waals surface area contributed by atoms with Crippen molar-refractivity contribution in [1.29, 1.82) is 0 Å². The Balaban J connectivity index is 4.25. The van der Waals surface area contributed by atoms with Crippen molar-refractivity contribution in [2.45, 2.75) is 6.92 Å². The van der Waals surface area contributed by atoms with Gasteiger partial charge in [0.25, 0.3) is 0 Å². The van der Waals surface area contributed by atoms with Crippen LogP contribution in [0.4, 0.5) is 0 Å². The summed E-state index contributed by atoms with van der Waals surface area (Å²) in [4.78, 5) is 12.5. The van der Waals surface area contributed by atoms with E-state index < -0.39 is 5.97 Å². The second-order valence-corrected chi connectivity index (χ2v) is 2.72. The minimum absolute atomic E-state index is 0.216. The summed E-state index contributed by atoms with van der Waals surface area (Å²) in [5.41, 5.74) is 0.216. The van der Waals surface area contributed by atoms with Crippen LogP contribution in [0, 0.1) is 0 Å². The molecule has 0 rings (SSSR count). The average molecular weight is 202 g/mol. The maximum atomic E-state index is 11.0. The van der Waals surface area contributed by atoms with E-state index in [1.165, 1.54) is 12.0 Å². The van der Waals surface area contributed by atoms with Crippen molar-refractivity contribution in [3.05, 3.63) is 12.3 Å². The number of rotatable bonds is 3. The average Bonchev–Trinajstić information content (AvgIpc) is 2.14. The highest BCUT2D eigenvalue weighted by atomic mass is 32.1. The highest BCUT2D eigenvalue weighted by Crippen LogP contribution is 2.00. The Kier molecular flexibility index (Phi) is 5.06. The fourth-order valence-electron chi connectivity index (χ4n) is 0.647. The summed E-state index contributed by atoms with van der Waals surface area (Å²) >= 11 is 4.97. The summed E-state index contributed by atoms with van der Waals surface area (Å²) in [6.07, 6.45) is 0. The molecule has 0 aliphatic rings. The summed E-state index contributed by atoms with van der Waals surface area (Å²) < 4.78 is 4.49. The van der Waals surface area contributed by atoms with Gasteiger partial charge in [0.05, 0.1) is 7.11 Å². The molecule has 0 bridgehead atoms. The molecule has 0 aromatic carbocycles. The number of thiocarbonyl (C=S) groups is 1. The first-order chi connectivity index (χ1) is 6.04. The van der Waals surface area contributed by atoms with Gasteiger partial charge in [-0.3, -0.25) is 0 Å². The van der Waals surface area contributed by atoms with Crippen LogP contribution in [0.15, 0.2) is 12.3 Å². The van der Waals surface area contributed by atoms with Crippen molar-refractivity contribution in [1.82, 2.24) is 10.2 Å². The van der Waals surface area contributed by atoms with Crippen LogP contribution in [-0.2, 0) is 9.53 Å². The van der Waals surface area contributed by atoms with Gasteiger partial charge < -0.3 is 15.0 Å². The molecule has 0 radical (unpaired) electrons. The van der Waals surface area contributed by atoms with E-state index >= 15 is 0 Å². The van der Waals surface area contributed by atoms with Gasteiger partial charge in [0.2, 0.25) is 0 Å². The van der Waals surface area contributed by atoms with Crippen LogP contribution in [0.3, 0.4) is 0 Å². The van der Waals surface area contributed by atoms with E-state index in [1.54, 1.807) is 7.05 Å². The van der Waals surface area contributed by atoms with Crippen molar-refractivity contribution in [3.63, 3.8) is 0 Å². The van der Waals surface area contributed by atoms with Gasteiger partial charge in [-0.1, -0.05) is 6.58 Å². The number of methoxy groups -OCH3 is 1. The van der Waals surface area contributed by atoms with E-state index in [1.807, 2.05) is 6.92 Å². The van der Waals surface area contributed by atoms with E-state index in [-0.39, 0.29) is 5.70 Å². The topological polar surface area (TPSA) is 41.6 Å². The third-order valence-corrected chi connectivity index (χ3v) is 1.88. The Labute approximate surface area is 83.5 Å². The molecule has 0 fully saturated rings. The molecule has 0 atom stereocenters. The molecule has 0 saturated carbocycles. The zero-order chi connectivity index (χ0) is 10.4. The van der Waals surface area contributed by atoms with Crippen molar-refractivity contribution in [3.8, 4) is 0 Å². The van der Waals surface area contributed by atoms with Crippen LogP contribution in [0.25, 0.3) is 0 Å². The van der Waals surface area contributed by atoms with Crippen LogP contribution < -0.4 is 5.32 Å². The molecular weight excluding hydrogens is 188 g/mol. The minimum atomic E-state index is -0.484. The molecule has 74 valence electrons. The Bertz CT molecular complexity index is 228. The van der Waals surface area contributed by atoms with Gasteiger partial charge in [0, 0.05) is 13.6 Å². The Morgan fingerprint density at radius 1 is 1.69 bits per heavy atom. The van der Waals surface area contributed by atoms with Gasteiger partial charge in [-0.05, 0) is 19.1 Å². The lowest BCUT2D eigenvalue weighted by Gasteiger charge is -2.20. The van der Waals surface area contributed by atoms with Gasteiger partial charge in [-0.25, -0.2) is 4.79 Å². The fourth-order valence-corrected chi connectivity index (χ4v) is 0.902. The number of esters is 1. The molecule has 0 heterocycles. The summed E-state index contributed by atoms with van der Waals surface area (Å²) in [7, 11) is 2.96. The van der Waals surface area contributed by atoms with Gasteiger partial charge in [-0.2, -0.15) is 0 Å². The standard InChI is InChI=1S/C8H14N2O2S/c1-5-9-8(13)10(3)6(2)7(11)12-4/h2,5H2,1,3-4H3,(H,9,13). The predicted octanol–water partition coefficient (Wildman–Crippen LogP) is 0.499. The first-order valence-corrected chi connectivity index (χ1v) is 4.24. The molecule has 0 unspecified atom stereocenters. The number of likely N-dealkylation sites (N-methyl/N-ethyl adjacent to an activating group) is 1. The fraction of sp³-hybridized carbons (Fsp3) is 0.500. The quantitative estimate of drug-likeness (QED) is 0.410. The lowest BCUT2D eigenvalue weighted by atomic mass is 10.4. The largest absolute Gasteiger partial charge is 0.464 e. The molecule has 1 N–H and O–H groups in total. The monoisotopic (exact) mass is 202 g/mol. The normalized spacial score (nSPS) is 8.85. The molecule has 5 heteroatoms. The summed E-state index contributed by atoms with van der Waals surface area (Å²) in [6, 6.07) is 0. The SMILES string of the molecule is C=C(C(=O)OC)N(C)C(=S)NCC. The number of hydrogen-bond acceptors (Lipinski definition) is 3. The molecule has 0 saturated heterocycles. The summed E-state index contributed by atoms with van der Waals surface area (Å²) in [5.74, 6) is -0.484. The number of nitrogens with zero attached hydrogens (tertiary/aromatic N) is 1. The Morgan fingerprint density at radius 2 is 2.23 bits per heavy atom. The van der Waals surface area contributed by atoms with Gasteiger partial charge >= 0.3 is 5.97 Å². The van der Waals surface area contributed by atoms with Crippen molar-refractivity contribution in [2.75, 3.05) is 20.7 Å². The third-order valence-electron chi connectivity index (χ3n) is 1.46. The minimum Gasteiger partial charge on any atom is -0.464 e. The smallest absolute Gasteiger partial charge is 0.354 e. The highest BCUT2D eigenvalue weighted by Gasteiger charge is 2.14. The first kappa shape index (κ1) is 11.9. The van der Waals surface area contributed by atoms with E-state index in [2.05, 4.69) is 16.6 Å². The van der Waals surface area contributed by atoms with E-state index in [0.717, 1.165) is 0 Å². The van der Waals surface area contributed by atoms with Gasteiger partial charge in [0.1, 0.15) is 5.70 Å². The van der Waals surface area contributed by atoms with Crippen LogP contribution in [0.2, 0.25) is 0 Å². The van der Waals surface area contributed by atoms with E-state index in [4.69, 9.17) is 12.2 Å². The molecule has 0 aliphatic heterocycles. The highest BCUT2D eigenvalue weighted by molar-refractivity contribution is 7.80. The second-order valence-electron chi connectivity index (χ2n) is 2.33. The van der Waals surface area contributed by atoms with Crippen LogP contribution in [0.1, 0.15) is 6.92 Å². The molecule has 0 aromatic heterocycles. The second kappa shape index (κ2) is 5.53. The van der Waals surface area contributed by atoms with Gasteiger partial charge in [-0.15, -0.1) is 0 Å². The van der Waals surface area contributed by atoms with Crippen LogP contribution >= 0.6 is 12.2 Å². The number of carbonyl (C=O) groups is 1. The number of hydrogen-bond donors (Lipinski definition) is 1. The molecule has 0 spiro atoms. The molecule has 0 aliphatic carbocycles. The number of nitrogens with one attached hydrogen (secondary N) is 1. The maximum Gasteiger partial charge on any atom is 0.354 e. The Hall–Kier alpha value is -1.10. The van der Waals surface area contributed by atoms with Crippen LogP contribution in [0.5, 0.6) is 0 Å². The summed E-state index contributed by atoms with van der Waals surface area (Å²) in [5, 5.41) is 3.35. The zero-order valence-corrected chi connectivity index (χ0v) is 8.90. The Morgan fingerprint density at radius 3 is 2.62 bits per heavy atom. The molecular formula is C8H14N2O2S. The predicted molar refractivity (Wildman–Crippen MR) is 55.2 cm³/mol. The van der Waals surface area contributed by atoms with E-state index in [0.29, 0.717) is 11.7 Å². The molecule has 4 nitrogen and oxygen atoms in total. The van der Waals surface area contributed by atoms with Crippen molar-refractivity contribution >= 4 is 23.3 Å². The lowest BCUT2D eigenvalue weighted by molar-refractivity contribution is -0.137. The third kappa shape index (κ3) is 3.42. The summed E-state index contributed by atoms with van der Waals surface area (Å²) in [6.45, 7) is 6.18. The number of ether oxygens (including phenoxy) is 1. The zero-order valence-electron chi connectivity index (χ0n) is 8.09. The van der Waals surface area contributed by atoms with Crippen molar-refractivity contribution in [2.24, 2.45) is 0 Å². The molecule has 13 heavy (non-hydrogen) atoms.